The van der Waals surface area contributed by atoms with Gasteiger partial charge in [-0.3, -0.25) is 9.59 Å². The Bertz CT molecular complexity index is 1380. The third kappa shape index (κ3) is 5.14. The van der Waals surface area contributed by atoms with E-state index in [-0.39, 0.29) is 41.1 Å². The summed E-state index contributed by atoms with van der Waals surface area (Å²) in [4.78, 5) is 30.6. The molecule has 3 fully saturated rings. The highest BCUT2D eigenvalue weighted by Gasteiger charge is 2.54. The largest absolute Gasteiger partial charge is 0.508 e. The van der Waals surface area contributed by atoms with Crippen LogP contribution < -0.4 is 0 Å². The van der Waals surface area contributed by atoms with E-state index in [4.69, 9.17) is 4.74 Å². The second kappa shape index (κ2) is 10.3. The molecular formula is C33H38N2O4. The summed E-state index contributed by atoms with van der Waals surface area (Å²) >= 11 is 0. The molecule has 1 aliphatic heterocycles. The molecule has 0 bridgehead atoms. The van der Waals surface area contributed by atoms with Crippen LogP contribution in [-0.2, 0) is 14.9 Å². The van der Waals surface area contributed by atoms with E-state index in [0.717, 1.165) is 54.7 Å². The molecule has 39 heavy (non-hydrogen) atoms. The van der Waals surface area contributed by atoms with Crippen LogP contribution >= 0.6 is 0 Å². The quantitative estimate of drug-likeness (QED) is 0.437. The molecule has 2 aliphatic carbocycles. The number of carbonyl (C=O) groups excluding carboxylic acids is 2. The lowest BCUT2D eigenvalue weighted by Gasteiger charge is -2.56. The van der Waals surface area contributed by atoms with Crippen molar-refractivity contribution in [1.29, 1.82) is 0 Å². The molecule has 1 N–H and O–H groups in total. The summed E-state index contributed by atoms with van der Waals surface area (Å²) in [5.74, 6) is 0.813. The number of esters is 1. The SMILES string of the molecule is CC(=O)OC1C[C@@H](N(C)C(=O)c2ccc3ccccc3c2)C[C@]2(c3cccc(O)c3)CCN(CC3CC3)C[C@@H]12. The topological polar surface area (TPSA) is 70.1 Å². The second-order valence-corrected chi connectivity index (χ2v) is 12.0. The van der Waals surface area contributed by atoms with Crippen LogP contribution in [0.3, 0.4) is 0 Å². The van der Waals surface area contributed by atoms with Gasteiger partial charge in [0, 0.05) is 56.4 Å². The number of aromatic hydroxyl groups is 1. The first kappa shape index (κ1) is 25.9. The van der Waals surface area contributed by atoms with Crippen LogP contribution in [0, 0.1) is 11.8 Å². The van der Waals surface area contributed by atoms with Crippen LogP contribution in [0.2, 0.25) is 0 Å². The third-order valence-electron chi connectivity index (χ3n) is 9.41. The van der Waals surface area contributed by atoms with Gasteiger partial charge in [-0.2, -0.15) is 0 Å². The highest BCUT2D eigenvalue weighted by Crippen LogP contribution is 2.52. The molecule has 0 aromatic heterocycles. The number of phenols is 1. The lowest BCUT2D eigenvalue weighted by atomic mass is 9.56. The molecule has 3 aromatic carbocycles. The first-order valence-corrected chi connectivity index (χ1v) is 14.3. The van der Waals surface area contributed by atoms with E-state index in [1.807, 2.05) is 66.5 Å². The molecule has 1 amide bonds. The van der Waals surface area contributed by atoms with Crippen LogP contribution in [-0.4, -0.2) is 65.6 Å². The molecule has 3 aromatic rings. The van der Waals surface area contributed by atoms with Crippen LogP contribution in [0.4, 0.5) is 0 Å². The maximum Gasteiger partial charge on any atom is 0.302 e. The highest BCUT2D eigenvalue weighted by atomic mass is 16.5. The smallest absolute Gasteiger partial charge is 0.302 e. The van der Waals surface area contributed by atoms with Gasteiger partial charge in [0.05, 0.1) is 0 Å². The molecule has 6 rings (SSSR count). The van der Waals surface area contributed by atoms with Crippen LogP contribution in [0.15, 0.2) is 66.7 Å². The molecule has 2 saturated carbocycles. The van der Waals surface area contributed by atoms with Gasteiger partial charge >= 0.3 is 5.97 Å². The summed E-state index contributed by atoms with van der Waals surface area (Å²) in [6.07, 6.45) is 4.58. The predicted octanol–water partition coefficient (Wildman–Crippen LogP) is 5.38. The van der Waals surface area contributed by atoms with Gasteiger partial charge in [-0.25, -0.2) is 0 Å². The van der Waals surface area contributed by atoms with E-state index < -0.39 is 0 Å². The van der Waals surface area contributed by atoms with Crippen molar-refractivity contribution in [3.05, 3.63) is 77.9 Å². The van der Waals surface area contributed by atoms with Gasteiger partial charge in [-0.15, -0.1) is 0 Å². The van der Waals surface area contributed by atoms with Crippen LogP contribution in [0.5, 0.6) is 5.75 Å². The fourth-order valence-corrected chi connectivity index (χ4v) is 7.20. The maximum atomic E-state index is 13.8. The van der Waals surface area contributed by atoms with E-state index in [1.165, 1.54) is 19.8 Å². The van der Waals surface area contributed by atoms with E-state index >= 15 is 0 Å². The van der Waals surface area contributed by atoms with Crippen molar-refractivity contribution in [3.63, 3.8) is 0 Å². The number of nitrogens with zero attached hydrogens (tertiary/aromatic N) is 2. The summed E-state index contributed by atoms with van der Waals surface area (Å²) < 4.78 is 6.06. The summed E-state index contributed by atoms with van der Waals surface area (Å²) in [5, 5.41) is 12.6. The van der Waals surface area contributed by atoms with Gasteiger partial charge in [0.15, 0.2) is 0 Å². The first-order chi connectivity index (χ1) is 18.8. The molecule has 4 atom stereocenters. The van der Waals surface area contributed by atoms with E-state index in [9.17, 15) is 14.7 Å². The van der Waals surface area contributed by atoms with Gasteiger partial charge in [0.2, 0.25) is 0 Å². The van der Waals surface area contributed by atoms with Gasteiger partial charge in [-0.05, 0) is 78.7 Å². The number of hydrogen-bond acceptors (Lipinski definition) is 5. The minimum atomic E-state index is -0.308. The Morgan fingerprint density at radius 3 is 2.59 bits per heavy atom. The van der Waals surface area contributed by atoms with Crippen molar-refractivity contribution in [2.75, 3.05) is 26.7 Å². The monoisotopic (exact) mass is 526 g/mol. The Balaban J connectivity index is 1.35. The average molecular weight is 527 g/mol. The Kier molecular flexibility index (Phi) is 6.84. The number of amides is 1. The highest BCUT2D eigenvalue weighted by molar-refractivity contribution is 5.98. The average Bonchev–Trinajstić information content (AvgIpc) is 3.76. The number of phenolic OH excluding ortho intramolecular Hbond substituents is 1. The number of likely N-dealkylation sites (tertiary alicyclic amines) is 1. The molecule has 1 heterocycles. The zero-order chi connectivity index (χ0) is 27.1. The Morgan fingerprint density at radius 1 is 1.05 bits per heavy atom. The zero-order valence-corrected chi connectivity index (χ0v) is 22.9. The van der Waals surface area contributed by atoms with Crippen LogP contribution in [0.25, 0.3) is 10.8 Å². The number of benzene rings is 3. The van der Waals surface area contributed by atoms with Crippen molar-refractivity contribution in [1.82, 2.24) is 9.80 Å². The zero-order valence-electron chi connectivity index (χ0n) is 22.9. The lowest BCUT2D eigenvalue weighted by molar-refractivity contribution is -0.158. The molecule has 6 heteroatoms. The summed E-state index contributed by atoms with van der Waals surface area (Å²) in [6, 6.07) is 21.4. The minimum Gasteiger partial charge on any atom is -0.508 e. The fourth-order valence-electron chi connectivity index (χ4n) is 7.20. The van der Waals surface area contributed by atoms with E-state index in [0.29, 0.717) is 12.0 Å². The molecule has 0 radical (unpaired) electrons. The lowest BCUT2D eigenvalue weighted by Crippen LogP contribution is -2.62. The fraction of sp³-hybridized carbons (Fsp3) is 0.455. The van der Waals surface area contributed by atoms with Gasteiger partial charge < -0.3 is 19.6 Å². The summed E-state index contributed by atoms with van der Waals surface area (Å²) in [6.45, 7) is 4.40. The number of hydrogen-bond donors (Lipinski definition) is 1. The third-order valence-corrected chi connectivity index (χ3v) is 9.41. The minimum absolute atomic E-state index is 0.0250. The van der Waals surface area contributed by atoms with Gasteiger partial charge in [0.25, 0.3) is 5.91 Å². The molecule has 1 unspecified atom stereocenters. The van der Waals surface area contributed by atoms with Crippen molar-refractivity contribution in [3.8, 4) is 5.75 Å². The van der Waals surface area contributed by atoms with Crippen molar-refractivity contribution >= 4 is 22.6 Å². The Hall–Kier alpha value is -3.38. The molecule has 204 valence electrons. The Labute approximate surface area is 230 Å². The molecular weight excluding hydrogens is 488 g/mol. The van der Waals surface area contributed by atoms with Crippen molar-refractivity contribution in [2.24, 2.45) is 11.8 Å². The van der Waals surface area contributed by atoms with E-state index in [1.54, 1.807) is 6.07 Å². The number of piperidine rings is 1. The maximum absolute atomic E-state index is 13.8. The number of fused-ring (bicyclic) bond motifs is 2. The molecule has 3 aliphatic rings. The molecule has 6 nitrogen and oxygen atoms in total. The number of carbonyl (C=O) groups is 2. The molecule has 1 saturated heterocycles. The van der Waals surface area contributed by atoms with Gasteiger partial charge in [0.1, 0.15) is 11.9 Å². The normalized spacial score (nSPS) is 27.1. The summed E-state index contributed by atoms with van der Waals surface area (Å²) in [5.41, 5.74) is 1.43. The first-order valence-electron chi connectivity index (χ1n) is 14.3. The van der Waals surface area contributed by atoms with Crippen LogP contribution in [0.1, 0.15) is 54.9 Å². The Morgan fingerprint density at radius 2 is 1.85 bits per heavy atom. The number of ether oxygens (including phenoxy) is 1. The van der Waals surface area contributed by atoms with Gasteiger partial charge in [-0.1, -0.05) is 42.5 Å². The summed E-state index contributed by atoms with van der Waals surface area (Å²) in [7, 11) is 1.88. The standard InChI is InChI=1S/C33H38N2O4/c1-22(36)39-31-18-28(34(2)32(38)26-13-12-24-6-3-4-7-25(24)16-26)19-33(27-8-5-9-29(37)17-27)14-15-35(21-30(31)33)20-23-10-11-23/h3-9,12-13,16-17,23,28,30-31,37H,10-11,14-15,18-21H2,1-2H3/t28-,30+,31?,33+/m1/s1. The van der Waals surface area contributed by atoms with E-state index in [2.05, 4.69) is 11.0 Å². The van der Waals surface area contributed by atoms with Crippen molar-refractivity contribution in [2.45, 2.75) is 56.6 Å². The number of rotatable bonds is 6. The predicted molar refractivity (Wildman–Crippen MR) is 152 cm³/mol. The van der Waals surface area contributed by atoms with Crippen molar-refractivity contribution < 1.29 is 19.4 Å². The second-order valence-electron chi connectivity index (χ2n) is 12.0. The molecule has 0 spiro atoms.